The average Bonchev–Trinajstić information content (AvgIpc) is 2.37. The van der Waals surface area contributed by atoms with Gasteiger partial charge in [-0.3, -0.25) is 4.79 Å². The summed E-state index contributed by atoms with van der Waals surface area (Å²) in [6, 6.07) is 1.88. The van der Waals surface area contributed by atoms with E-state index in [2.05, 4.69) is 50.3 Å². The predicted octanol–water partition coefficient (Wildman–Crippen LogP) is 2.20. The van der Waals surface area contributed by atoms with Crippen molar-refractivity contribution >= 4 is 27.7 Å². The molecule has 0 aliphatic rings. The maximum Gasteiger partial charge on any atom is 0.255 e. The summed E-state index contributed by atoms with van der Waals surface area (Å²) in [5.41, 5.74) is 0.547. The van der Waals surface area contributed by atoms with Gasteiger partial charge in [-0.05, 0) is 42.0 Å². The first kappa shape index (κ1) is 16.9. The molecule has 5 nitrogen and oxygen atoms in total. The number of carbonyl (C=O) groups excluding carboxylic acids is 1. The number of aromatic nitrogens is 1. The molecule has 1 aromatic heterocycles. The SMILES string of the molecule is CNc1ncc(Br)cc1C(=O)NC(CN(C)C)C(C)C. The van der Waals surface area contributed by atoms with Crippen LogP contribution in [0.5, 0.6) is 0 Å². The highest BCUT2D eigenvalue weighted by molar-refractivity contribution is 9.10. The molecule has 1 amide bonds. The van der Waals surface area contributed by atoms with Gasteiger partial charge >= 0.3 is 0 Å². The summed E-state index contributed by atoms with van der Waals surface area (Å²) < 4.78 is 0.787. The molecule has 1 unspecified atom stereocenters. The van der Waals surface area contributed by atoms with Crippen LogP contribution < -0.4 is 10.6 Å². The highest BCUT2D eigenvalue weighted by atomic mass is 79.9. The van der Waals surface area contributed by atoms with Crippen molar-refractivity contribution in [3.8, 4) is 0 Å². The van der Waals surface area contributed by atoms with E-state index in [-0.39, 0.29) is 11.9 Å². The van der Waals surface area contributed by atoms with Gasteiger partial charge < -0.3 is 15.5 Å². The average molecular weight is 343 g/mol. The monoisotopic (exact) mass is 342 g/mol. The maximum atomic E-state index is 12.4. The summed E-state index contributed by atoms with van der Waals surface area (Å²) in [7, 11) is 5.76. The van der Waals surface area contributed by atoms with Crippen molar-refractivity contribution in [1.29, 1.82) is 0 Å². The van der Waals surface area contributed by atoms with Crippen LogP contribution in [0.1, 0.15) is 24.2 Å². The van der Waals surface area contributed by atoms with E-state index in [0.717, 1.165) is 11.0 Å². The van der Waals surface area contributed by atoms with Crippen molar-refractivity contribution in [3.05, 3.63) is 22.3 Å². The number of nitrogens with one attached hydrogen (secondary N) is 2. The van der Waals surface area contributed by atoms with E-state index in [1.165, 1.54) is 0 Å². The molecule has 6 heteroatoms. The van der Waals surface area contributed by atoms with E-state index in [0.29, 0.717) is 17.3 Å². The Morgan fingerprint density at radius 2 is 2.10 bits per heavy atom. The molecule has 0 saturated heterocycles. The van der Waals surface area contributed by atoms with Crippen molar-refractivity contribution < 1.29 is 4.79 Å². The first-order valence-corrected chi connectivity index (χ1v) is 7.43. The molecule has 0 aliphatic heterocycles. The summed E-state index contributed by atoms with van der Waals surface area (Å²) in [4.78, 5) is 18.7. The van der Waals surface area contributed by atoms with Gasteiger partial charge in [0, 0.05) is 30.3 Å². The number of amides is 1. The van der Waals surface area contributed by atoms with Crippen molar-refractivity contribution in [3.63, 3.8) is 0 Å². The van der Waals surface area contributed by atoms with Gasteiger partial charge in [-0.25, -0.2) is 4.98 Å². The molecule has 1 rings (SSSR count). The lowest BCUT2D eigenvalue weighted by atomic mass is 10.0. The van der Waals surface area contributed by atoms with E-state index < -0.39 is 0 Å². The van der Waals surface area contributed by atoms with Crippen LogP contribution in [0.25, 0.3) is 0 Å². The second-order valence-electron chi connectivity index (χ2n) is 5.39. The number of anilines is 1. The molecule has 1 heterocycles. The Hall–Kier alpha value is -1.14. The molecular formula is C14H23BrN4O. The van der Waals surface area contributed by atoms with E-state index in [9.17, 15) is 4.79 Å². The minimum atomic E-state index is -0.108. The summed E-state index contributed by atoms with van der Waals surface area (Å²) >= 11 is 3.35. The molecule has 1 aromatic rings. The predicted molar refractivity (Wildman–Crippen MR) is 86.1 cm³/mol. The number of nitrogens with zero attached hydrogens (tertiary/aromatic N) is 2. The number of carbonyl (C=O) groups is 1. The van der Waals surface area contributed by atoms with Crippen molar-refractivity contribution in [2.24, 2.45) is 5.92 Å². The Balaban J connectivity index is 2.91. The normalized spacial score (nSPS) is 12.6. The van der Waals surface area contributed by atoms with Crippen molar-refractivity contribution in [1.82, 2.24) is 15.2 Å². The van der Waals surface area contributed by atoms with Crippen LogP contribution in [0.15, 0.2) is 16.7 Å². The third-order valence-electron chi connectivity index (χ3n) is 3.02. The van der Waals surface area contributed by atoms with Gasteiger partial charge in [0.15, 0.2) is 0 Å². The second kappa shape index (κ2) is 7.59. The smallest absolute Gasteiger partial charge is 0.255 e. The van der Waals surface area contributed by atoms with E-state index in [1.807, 2.05) is 14.1 Å². The Kier molecular flexibility index (Phi) is 6.42. The quantitative estimate of drug-likeness (QED) is 0.832. The fourth-order valence-corrected chi connectivity index (χ4v) is 2.21. The molecule has 0 aliphatic carbocycles. The van der Waals surface area contributed by atoms with Crippen LogP contribution in [0.3, 0.4) is 0 Å². The van der Waals surface area contributed by atoms with Gasteiger partial charge in [0.05, 0.1) is 5.56 Å². The van der Waals surface area contributed by atoms with Gasteiger partial charge in [-0.2, -0.15) is 0 Å². The zero-order chi connectivity index (χ0) is 15.3. The Bertz CT molecular complexity index is 462. The molecule has 0 spiro atoms. The molecule has 0 bridgehead atoms. The lowest BCUT2D eigenvalue weighted by Crippen LogP contribution is -2.45. The Morgan fingerprint density at radius 3 is 2.60 bits per heavy atom. The minimum absolute atomic E-state index is 0.0983. The number of hydrogen-bond donors (Lipinski definition) is 2. The number of halogens is 1. The number of hydrogen-bond acceptors (Lipinski definition) is 4. The molecular weight excluding hydrogens is 320 g/mol. The highest BCUT2D eigenvalue weighted by Crippen LogP contribution is 2.18. The van der Waals surface area contributed by atoms with Gasteiger partial charge in [0.25, 0.3) is 5.91 Å². The van der Waals surface area contributed by atoms with Crippen LogP contribution in [-0.4, -0.2) is 49.5 Å². The summed E-state index contributed by atoms with van der Waals surface area (Å²) in [5.74, 6) is 0.834. The number of rotatable bonds is 6. The third-order valence-corrected chi connectivity index (χ3v) is 3.45. The zero-order valence-electron chi connectivity index (χ0n) is 12.7. The summed E-state index contributed by atoms with van der Waals surface area (Å²) in [5, 5.41) is 6.03. The zero-order valence-corrected chi connectivity index (χ0v) is 14.3. The lowest BCUT2D eigenvalue weighted by molar-refractivity contribution is 0.0917. The molecule has 0 fully saturated rings. The largest absolute Gasteiger partial charge is 0.372 e. The van der Waals surface area contributed by atoms with Crippen LogP contribution >= 0.6 is 15.9 Å². The Labute approximate surface area is 129 Å². The van der Waals surface area contributed by atoms with Crippen molar-refractivity contribution in [2.75, 3.05) is 33.0 Å². The molecule has 2 N–H and O–H groups in total. The first-order valence-electron chi connectivity index (χ1n) is 6.64. The second-order valence-corrected chi connectivity index (χ2v) is 6.30. The molecule has 0 saturated carbocycles. The van der Waals surface area contributed by atoms with E-state index in [1.54, 1.807) is 19.3 Å². The Morgan fingerprint density at radius 1 is 1.45 bits per heavy atom. The molecule has 112 valence electrons. The lowest BCUT2D eigenvalue weighted by Gasteiger charge is -2.26. The minimum Gasteiger partial charge on any atom is -0.372 e. The van der Waals surface area contributed by atoms with Crippen LogP contribution in [0, 0.1) is 5.92 Å². The highest BCUT2D eigenvalue weighted by Gasteiger charge is 2.20. The maximum absolute atomic E-state index is 12.4. The molecule has 0 aromatic carbocycles. The topological polar surface area (TPSA) is 57.3 Å². The standard InChI is InChI=1S/C14H23BrN4O/c1-9(2)12(8-19(4)5)18-14(20)11-6-10(15)7-17-13(11)16-3/h6-7,9,12H,8H2,1-5H3,(H,16,17)(H,18,20). The fourth-order valence-electron chi connectivity index (χ4n) is 1.87. The van der Waals surface area contributed by atoms with Gasteiger partial charge in [0.1, 0.15) is 5.82 Å². The van der Waals surface area contributed by atoms with Crippen molar-refractivity contribution in [2.45, 2.75) is 19.9 Å². The van der Waals surface area contributed by atoms with Crippen LogP contribution in [0.2, 0.25) is 0 Å². The third kappa shape index (κ3) is 4.76. The first-order chi connectivity index (χ1) is 9.35. The molecule has 1 atom stereocenters. The fraction of sp³-hybridized carbons (Fsp3) is 0.571. The number of likely N-dealkylation sites (N-methyl/N-ethyl adjacent to an activating group) is 1. The van der Waals surface area contributed by atoms with Crippen LogP contribution in [0.4, 0.5) is 5.82 Å². The van der Waals surface area contributed by atoms with Gasteiger partial charge in [0.2, 0.25) is 0 Å². The van der Waals surface area contributed by atoms with Crippen LogP contribution in [-0.2, 0) is 0 Å². The molecule has 20 heavy (non-hydrogen) atoms. The summed E-state index contributed by atoms with van der Waals surface area (Å²) in [6.45, 7) is 5.01. The van der Waals surface area contributed by atoms with E-state index >= 15 is 0 Å². The van der Waals surface area contributed by atoms with Gasteiger partial charge in [-0.15, -0.1) is 0 Å². The molecule has 0 radical (unpaired) electrons. The summed E-state index contributed by atoms with van der Waals surface area (Å²) in [6.07, 6.45) is 1.67. The number of pyridine rings is 1. The van der Waals surface area contributed by atoms with E-state index in [4.69, 9.17) is 0 Å². The van der Waals surface area contributed by atoms with Gasteiger partial charge in [-0.1, -0.05) is 13.8 Å².